The number of benzene rings is 1. The maximum absolute atomic E-state index is 11.6. The number of ether oxygens (including phenoxy) is 2. The molecule has 0 aliphatic rings. The maximum Gasteiger partial charge on any atom is 0.337 e. The zero-order valence-electron chi connectivity index (χ0n) is 11.3. The van der Waals surface area contributed by atoms with Crippen molar-refractivity contribution in [1.29, 1.82) is 0 Å². The molecule has 0 saturated heterocycles. The highest BCUT2D eigenvalue weighted by atomic mass is 31.2. The number of carbonyl (C=O) groups is 2. The van der Waals surface area contributed by atoms with Crippen molar-refractivity contribution in [2.45, 2.75) is 6.42 Å². The minimum absolute atomic E-state index is 0.0650. The fourth-order valence-corrected chi connectivity index (χ4v) is 2.49. The average molecular weight is 300 g/mol. The molecule has 6 nitrogen and oxygen atoms in total. The Morgan fingerprint density at radius 1 is 1.25 bits per heavy atom. The first-order valence-corrected chi connectivity index (χ1v) is 7.31. The maximum atomic E-state index is 11.6. The van der Waals surface area contributed by atoms with Crippen LogP contribution >= 0.6 is 8.38 Å². The predicted octanol–water partition coefficient (Wildman–Crippen LogP) is 1.10. The van der Waals surface area contributed by atoms with Crippen LogP contribution in [-0.4, -0.2) is 42.1 Å². The molecule has 0 aromatic heterocycles. The Hall–Kier alpha value is -1.49. The molecule has 0 spiro atoms. The fourth-order valence-electron chi connectivity index (χ4n) is 1.81. The molecule has 0 aliphatic heterocycles. The van der Waals surface area contributed by atoms with Gasteiger partial charge in [-0.1, -0.05) is 12.1 Å². The molecule has 20 heavy (non-hydrogen) atoms. The van der Waals surface area contributed by atoms with Crippen molar-refractivity contribution in [1.82, 2.24) is 0 Å². The second-order valence-corrected chi connectivity index (χ2v) is 5.28. The van der Waals surface area contributed by atoms with E-state index in [-0.39, 0.29) is 12.6 Å². The first kappa shape index (κ1) is 16.6. The van der Waals surface area contributed by atoms with Gasteiger partial charge in [0.05, 0.1) is 25.7 Å². The van der Waals surface area contributed by atoms with Gasteiger partial charge in [-0.2, -0.15) is 0 Å². The molecule has 0 radical (unpaired) electrons. The molecule has 0 fully saturated rings. The zero-order chi connectivity index (χ0) is 15.1. The Bertz CT molecular complexity index is 474. The monoisotopic (exact) mass is 300 g/mol. The second kappa shape index (κ2) is 7.94. The van der Waals surface area contributed by atoms with Crippen LogP contribution in [0.4, 0.5) is 0 Å². The van der Waals surface area contributed by atoms with Crippen molar-refractivity contribution in [3.05, 3.63) is 35.4 Å². The summed E-state index contributed by atoms with van der Waals surface area (Å²) in [5, 5.41) is 0. The molecule has 0 heterocycles. The van der Waals surface area contributed by atoms with Crippen LogP contribution in [0.3, 0.4) is 0 Å². The lowest BCUT2D eigenvalue weighted by Gasteiger charge is -2.15. The molecule has 1 atom stereocenters. The summed E-state index contributed by atoms with van der Waals surface area (Å²) in [6.45, 7) is 0. The zero-order valence-corrected chi connectivity index (χ0v) is 12.2. The van der Waals surface area contributed by atoms with E-state index >= 15 is 0 Å². The van der Waals surface area contributed by atoms with Gasteiger partial charge in [0.15, 0.2) is 8.38 Å². The molecule has 1 aromatic rings. The third-order valence-electron chi connectivity index (χ3n) is 2.75. The molecule has 2 N–H and O–H groups in total. The fraction of sp³-hybridized carbons (Fsp3) is 0.385. The minimum Gasteiger partial charge on any atom is -0.469 e. The average Bonchev–Trinajstić information content (AvgIpc) is 2.44. The van der Waals surface area contributed by atoms with Crippen LogP contribution in [0.5, 0.6) is 0 Å². The van der Waals surface area contributed by atoms with Crippen LogP contribution in [0, 0.1) is 5.92 Å². The summed E-state index contributed by atoms with van der Waals surface area (Å²) in [6, 6.07) is 6.64. The molecule has 1 unspecified atom stereocenters. The summed E-state index contributed by atoms with van der Waals surface area (Å²) < 4.78 is 9.26. The molecular formula is C13H17O6P. The van der Waals surface area contributed by atoms with E-state index in [0.29, 0.717) is 5.56 Å². The number of rotatable bonds is 6. The summed E-state index contributed by atoms with van der Waals surface area (Å²) in [4.78, 5) is 41.2. The van der Waals surface area contributed by atoms with E-state index in [1.807, 2.05) is 0 Å². The van der Waals surface area contributed by atoms with E-state index in [4.69, 9.17) is 9.79 Å². The molecule has 0 aliphatic carbocycles. The molecule has 0 saturated carbocycles. The molecule has 1 aromatic carbocycles. The lowest BCUT2D eigenvalue weighted by atomic mass is 9.99. The summed E-state index contributed by atoms with van der Waals surface area (Å²) in [7, 11) is 0.346. The van der Waals surface area contributed by atoms with Gasteiger partial charge in [-0.15, -0.1) is 0 Å². The Balaban J connectivity index is 2.87. The van der Waals surface area contributed by atoms with Crippen LogP contribution in [0.1, 0.15) is 15.9 Å². The summed E-state index contributed by atoms with van der Waals surface area (Å²) >= 11 is 0. The third kappa shape index (κ3) is 4.89. The SMILES string of the molecule is COC(=O)c1cccc(CC(CP(O)O)C(=O)OC)c1. The van der Waals surface area contributed by atoms with Crippen molar-refractivity contribution in [3.8, 4) is 0 Å². The standard InChI is InChI=1S/C13H17O6P/c1-18-12(14)10-5-3-4-9(6-10)7-11(8-20(16)17)13(15)19-2/h3-6,11,16-17H,7-8H2,1-2H3. The molecule has 0 bridgehead atoms. The van der Waals surface area contributed by atoms with E-state index < -0.39 is 26.2 Å². The van der Waals surface area contributed by atoms with Gasteiger partial charge < -0.3 is 19.3 Å². The number of hydrogen-bond donors (Lipinski definition) is 2. The number of methoxy groups -OCH3 is 2. The lowest BCUT2D eigenvalue weighted by molar-refractivity contribution is -0.144. The van der Waals surface area contributed by atoms with E-state index in [0.717, 1.165) is 5.56 Å². The Labute approximate surface area is 118 Å². The highest BCUT2D eigenvalue weighted by Gasteiger charge is 2.23. The number of hydrogen-bond acceptors (Lipinski definition) is 6. The summed E-state index contributed by atoms with van der Waals surface area (Å²) in [5.41, 5.74) is 1.10. The molecule has 7 heteroatoms. The number of carbonyl (C=O) groups excluding carboxylic acids is 2. The first-order chi connectivity index (χ1) is 9.47. The lowest BCUT2D eigenvalue weighted by Crippen LogP contribution is -2.22. The largest absolute Gasteiger partial charge is 0.469 e. The van der Waals surface area contributed by atoms with Gasteiger partial charge in [-0.25, -0.2) is 4.79 Å². The second-order valence-electron chi connectivity index (χ2n) is 4.17. The quantitative estimate of drug-likeness (QED) is 0.603. The van der Waals surface area contributed by atoms with Crippen molar-refractivity contribution < 1.29 is 28.8 Å². The van der Waals surface area contributed by atoms with Crippen molar-refractivity contribution in [3.63, 3.8) is 0 Å². The van der Waals surface area contributed by atoms with Gasteiger partial charge in [0.2, 0.25) is 0 Å². The van der Waals surface area contributed by atoms with Gasteiger partial charge in [0.25, 0.3) is 0 Å². The van der Waals surface area contributed by atoms with Gasteiger partial charge in [0.1, 0.15) is 0 Å². The van der Waals surface area contributed by atoms with Gasteiger partial charge >= 0.3 is 11.9 Å². The molecular weight excluding hydrogens is 283 g/mol. The molecule has 1 rings (SSSR count). The van der Waals surface area contributed by atoms with E-state index in [1.54, 1.807) is 24.3 Å². The Morgan fingerprint density at radius 2 is 1.95 bits per heavy atom. The van der Waals surface area contributed by atoms with Crippen LogP contribution in [-0.2, 0) is 20.7 Å². The topological polar surface area (TPSA) is 93.1 Å². The number of esters is 2. The normalized spacial score (nSPS) is 12.1. The summed E-state index contributed by atoms with van der Waals surface area (Å²) in [6.07, 6.45) is 0.196. The molecule has 0 amide bonds. The highest BCUT2D eigenvalue weighted by molar-refractivity contribution is 7.45. The molecule has 110 valence electrons. The summed E-state index contributed by atoms with van der Waals surface area (Å²) in [5.74, 6) is -1.63. The van der Waals surface area contributed by atoms with Crippen LogP contribution in [0.25, 0.3) is 0 Å². The van der Waals surface area contributed by atoms with Gasteiger partial charge in [-0.05, 0) is 24.1 Å². The van der Waals surface area contributed by atoms with Crippen molar-refractivity contribution in [2.24, 2.45) is 5.92 Å². The predicted molar refractivity (Wildman–Crippen MR) is 73.2 cm³/mol. The smallest absolute Gasteiger partial charge is 0.337 e. The van der Waals surface area contributed by atoms with Gasteiger partial charge in [-0.3, -0.25) is 4.79 Å². The first-order valence-electron chi connectivity index (χ1n) is 5.88. The van der Waals surface area contributed by atoms with Crippen LogP contribution < -0.4 is 0 Å². The van der Waals surface area contributed by atoms with E-state index in [9.17, 15) is 9.59 Å². The van der Waals surface area contributed by atoms with Crippen molar-refractivity contribution >= 4 is 20.3 Å². The minimum atomic E-state index is -2.19. The van der Waals surface area contributed by atoms with E-state index in [2.05, 4.69) is 9.47 Å². The van der Waals surface area contributed by atoms with Crippen molar-refractivity contribution in [2.75, 3.05) is 20.4 Å². The Morgan fingerprint density at radius 3 is 2.50 bits per heavy atom. The third-order valence-corrected chi connectivity index (χ3v) is 3.52. The van der Waals surface area contributed by atoms with Gasteiger partial charge in [0, 0.05) is 6.16 Å². The van der Waals surface area contributed by atoms with E-state index in [1.165, 1.54) is 14.2 Å². The Kier molecular flexibility index (Phi) is 6.58. The highest BCUT2D eigenvalue weighted by Crippen LogP contribution is 2.29. The van der Waals surface area contributed by atoms with Crippen LogP contribution in [0.15, 0.2) is 24.3 Å². The van der Waals surface area contributed by atoms with Crippen LogP contribution in [0.2, 0.25) is 0 Å².